The van der Waals surface area contributed by atoms with Gasteiger partial charge in [0, 0.05) is 13.0 Å². The highest BCUT2D eigenvalue weighted by Gasteiger charge is 2.21. The van der Waals surface area contributed by atoms with E-state index in [1.165, 1.54) is 6.42 Å². The normalized spacial score (nSPS) is 21.8. The first kappa shape index (κ1) is 14.4. The van der Waals surface area contributed by atoms with E-state index in [1.54, 1.807) is 11.8 Å². The van der Waals surface area contributed by atoms with Crippen LogP contribution in [-0.2, 0) is 9.59 Å². The van der Waals surface area contributed by atoms with Crippen LogP contribution in [0.2, 0.25) is 0 Å². The molecule has 0 aromatic carbocycles. The van der Waals surface area contributed by atoms with Crippen molar-refractivity contribution in [3.05, 3.63) is 0 Å². The SMILES string of the molecule is CC(CCC(=O)O)CNC(=O)C1CCCCS1. The topological polar surface area (TPSA) is 66.4 Å². The summed E-state index contributed by atoms with van der Waals surface area (Å²) in [7, 11) is 0. The molecule has 2 unspecified atom stereocenters. The number of carboxylic acid groups (broad SMARTS) is 1. The van der Waals surface area contributed by atoms with Crippen molar-refractivity contribution in [1.82, 2.24) is 5.32 Å². The zero-order valence-electron chi connectivity index (χ0n) is 10.3. The number of carboxylic acids is 1. The van der Waals surface area contributed by atoms with Gasteiger partial charge in [-0.25, -0.2) is 0 Å². The lowest BCUT2D eigenvalue weighted by atomic mass is 10.1. The van der Waals surface area contributed by atoms with Crippen LogP contribution in [0.25, 0.3) is 0 Å². The van der Waals surface area contributed by atoms with Crippen LogP contribution >= 0.6 is 11.8 Å². The number of carbonyl (C=O) groups is 2. The van der Waals surface area contributed by atoms with Crippen LogP contribution in [-0.4, -0.2) is 34.5 Å². The molecule has 0 bridgehead atoms. The molecule has 0 radical (unpaired) electrons. The molecule has 0 aromatic heterocycles. The van der Waals surface area contributed by atoms with Crippen molar-refractivity contribution in [2.24, 2.45) is 5.92 Å². The van der Waals surface area contributed by atoms with Gasteiger partial charge in [-0.1, -0.05) is 13.3 Å². The van der Waals surface area contributed by atoms with Crippen molar-refractivity contribution >= 4 is 23.6 Å². The minimum atomic E-state index is -0.772. The molecular formula is C12H21NO3S. The molecule has 0 spiro atoms. The maximum absolute atomic E-state index is 11.8. The molecule has 0 aliphatic carbocycles. The summed E-state index contributed by atoms with van der Waals surface area (Å²) >= 11 is 1.74. The van der Waals surface area contributed by atoms with E-state index in [0.29, 0.717) is 13.0 Å². The Kier molecular flexibility index (Phi) is 6.40. The highest BCUT2D eigenvalue weighted by Crippen LogP contribution is 2.25. The predicted molar refractivity (Wildman–Crippen MR) is 69.1 cm³/mol. The van der Waals surface area contributed by atoms with Gasteiger partial charge in [-0.05, 0) is 30.9 Å². The monoisotopic (exact) mass is 259 g/mol. The Hall–Kier alpha value is -0.710. The molecule has 1 rings (SSSR count). The smallest absolute Gasteiger partial charge is 0.303 e. The van der Waals surface area contributed by atoms with Gasteiger partial charge >= 0.3 is 5.97 Å². The Morgan fingerprint density at radius 3 is 2.82 bits per heavy atom. The first-order valence-corrected chi connectivity index (χ1v) is 7.25. The van der Waals surface area contributed by atoms with Crippen LogP contribution in [0.5, 0.6) is 0 Å². The second-order valence-corrected chi connectivity index (χ2v) is 5.95. The minimum absolute atomic E-state index is 0.107. The molecule has 4 nitrogen and oxygen atoms in total. The maximum Gasteiger partial charge on any atom is 0.303 e. The Morgan fingerprint density at radius 2 is 2.24 bits per heavy atom. The van der Waals surface area contributed by atoms with Crippen molar-refractivity contribution in [2.45, 2.75) is 44.3 Å². The average Bonchev–Trinajstić information content (AvgIpc) is 2.34. The summed E-state index contributed by atoms with van der Waals surface area (Å²) < 4.78 is 0. The molecule has 1 amide bonds. The number of hydrogen-bond acceptors (Lipinski definition) is 3. The number of rotatable bonds is 6. The molecule has 0 aromatic rings. The van der Waals surface area contributed by atoms with Gasteiger partial charge in [0.15, 0.2) is 0 Å². The molecule has 1 aliphatic heterocycles. The van der Waals surface area contributed by atoms with Crippen molar-refractivity contribution in [3.8, 4) is 0 Å². The molecule has 17 heavy (non-hydrogen) atoms. The second-order valence-electron chi connectivity index (χ2n) is 4.64. The van der Waals surface area contributed by atoms with Crippen molar-refractivity contribution in [2.75, 3.05) is 12.3 Å². The third-order valence-electron chi connectivity index (χ3n) is 2.95. The summed E-state index contributed by atoms with van der Waals surface area (Å²) in [5.74, 6) is 0.652. The Morgan fingerprint density at radius 1 is 1.47 bits per heavy atom. The van der Waals surface area contributed by atoms with E-state index in [1.807, 2.05) is 6.92 Å². The van der Waals surface area contributed by atoms with Crippen LogP contribution in [0.1, 0.15) is 39.0 Å². The fourth-order valence-corrected chi connectivity index (χ4v) is 3.03. The summed E-state index contributed by atoms with van der Waals surface area (Å²) in [5, 5.41) is 11.6. The van der Waals surface area contributed by atoms with Crippen molar-refractivity contribution in [3.63, 3.8) is 0 Å². The summed E-state index contributed by atoms with van der Waals surface area (Å²) in [6, 6.07) is 0. The van der Waals surface area contributed by atoms with Gasteiger partial charge in [-0.2, -0.15) is 0 Å². The number of nitrogens with one attached hydrogen (secondary N) is 1. The van der Waals surface area contributed by atoms with E-state index in [0.717, 1.165) is 18.6 Å². The Labute approximate surface area is 107 Å². The first-order valence-electron chi connectivity index (χ1n) is 6.20. The summed E-state index contributed by atoms with van der Waals surface area (Å²) in [6.07, 6.45) is 4.12. The van der Waals surface area contributed by atoms with Crippen molar-refractivity contribution < 1.29 is 14.7 Å². The number of hydrogen-bond donors (Lipinski definition) is 2. The Balaban J connectivity index is 2.15. The minimum Gasteiger partial charge on any atom is -0.481 e. The lowest BCUT2D eigenvalue weighted by molar-refractivity contribution is -0.137. The second kappa shape index (κ2) is 7.58. The quantitative estimate of drug-likeness (QED) is 0.764. The molecular weight excluding hydrogens is 238 g/mol. The average molecular weight is 259 g/mol. The standard InChI is InChI=1S/C12H21NO3S/c1-9(5-6-11(14)15)8-13-12(16)10-4-2-3-7-17-10/h9-10H,2-8H2,1H3,(H,13,16)(H,14,15). The van der Waals surface area contributed by atoms with Crippen LogP contribution in [0.15, 0.2) is 0 Å². The van der Waals surface area contributed by atoms with Gasteiger partial charge in [0.2, 0.25) is 5.91 Å². The molecule has 2 N–H and O–H groups in total. The number of amides is 1. The lowest BCUT2D eigenvalue weighted by Gasteiger charge is -2.21. The molecule has 98 valence electrons. The van der Waals surface area contributed by atoms with Crippen LogP contribution < -0.4 is 5.32 Å². The van der Waals surface area contributed by atoms with Gasteiger partial charge < -0.3 is 10.4 Å². The van der Waals surface area contributed by atoms with Crippen LogP contribution in [0.4, 0.5) is 0 Å². The number of carbonyl (C=O) groups excluding carboxylic acids is 1. The van der Waals surface area contributed by atoms with E-state index in [2.05, 4.69) is 5.32 Å². The van der Waals surface area contributed by atoms with E-state index >= 15 is 0 Å². The van der Waals surface area contributed by atoms with E-state index in [9.17, 15) is 9.59 Å². The van der Waals surface area contributed by atoms with Crippen LogP contribution in [0.3, 0.4) is 0 Å². The molecule has 1 aliphatic rings. The zero-order valence-corrected chi connectivity index (χ0v) is 11.1. The van der Waals surface area contributed by atoms with Gasteiger partial charge in [0.05, 0.1) is 5.25 Å². The molecule has 0 saturated carbocycles. The number of thioether (sulfide) groups is 1. The fraction of sp³-hybridized carbons (Fsp3) is 0.833. The van der Waals surface area contributed by atoms with Crippen LogP contribution in [0, 0.1) is 5.92 Å². The van der Waals surface area contributed by atoms with Gasteiger partial charge in [0.1, 0.15) is 0 Å². The third kappa shape index (κ3) is 5.96. The lowest BCUT2D eigenvalue weighted by Crippen LogP contribution is -2.36. The predicted octanol–water partition coefficient (Wildman–Crippen LogP) is 1.89. The molecule has 1 heterocycles. The highest BCUT2D eigenvalue weighted by molar-refractivity contribution is 8.00. The van der Waals surface area contributed by atoms with Gasteiger partial charge in [-0.3, -0.25) is 9.59 Å². The molecule has 2 atom stereocenters. The fourth-order valence-electron chi connectivity index (χ4n) is 1.81. The van der Waals surface area contributed by atoms with E-state index in [4.69, 9.17) is 5.11 Å². The summed E-state index contributed by atoms with van der Waals surface area (Å²) in [6.45, 7) is 2.56. The first-order chi connectivity index (χ1) is 8.09. The molecule has 1 fully saturated rings. The highest BCUT2D eigenvalue weighted by atomic mass is 32.2. The summed E-state index contributed by atoms with van der Waals surface area (Å²) in [4.78, 5) is 22.2. The molecule has 1 saturated heterocycles. The third-order valence-corrected chi connectivity index (χ3v) is 4.32. The van der Waals surface area contributed by atoms with Gasteiger partial charge in [0.25, 0.3) is 0 Å². The number of aliphatic carboxylic acids is 1. The van der Waals surface area contributed by atoms with E-state index in [-0.39, 0.29) is 23.5 Å². The van der Waals surface area contributed by atoms with Crippen molar-refractivity contribution in [1.29, 1.82) is 0 Å². The largest absolute Gasteiger partial charge is 0.481 e. The van der Waals surface area contributed by atoms with E-state index < -0.39 is 5.97 Å². The summed E-state index contributed by atoms with van der Waals surface area (Å²) in [5.41, 5.74) is 0. The Bertz CT molecular complexity index is 264. The maximum atomic E-state index is 11.8. The zero-order chi connectivity index (χ0) is 12.7. The molecule has 5 heteroatoms. The van der Waals surface area contributed by atoms with Gasteiger partial charge in [-0.15, -0.1) is 11.8 Å².